The van der Waals surface area contributed by atoms with Crippen molar-refractivity contribution in [3.8, 4) is 0 Å². The summed E-state index contributed by atoms with van der Waals surface area (Å²) in [6, 6.07) is 6.28. The van der Waals surface area contributed by atoms with E-state index in [0.29, 0.717) is 0 Å². The van der Waals surface area contributed by atoms with Crippen molar-refractivity contribution in [2.45, 2.75) is 32.1 Å². The maximum atomic E-state index is 10.8. The Hall–Kier alpha value is -1.11. The summed E-state index contributed by atoms with van der Waals surface area (Å²) >= 11 is 0. The van der Waals surface area contributed by atoms with Crippen molar-refractivity contribution >= 4 is 6.29 Å². The molecule has 1 nitrogen and oxygen atoms in total. The summed E-state index contributed by atoms with van der Waals surface area (Å²) in [5.41, 5.74) is 4.01. The molecule has 0 fully saturated rings. The van der Waals surface area contributed by atoms with Gasteiger partial charge in [0.1, 0.15) is 6.29 Å². The van der Waals surface area contributed by atoms with Gasteiger partial charge < -0.3 is 4.79 Å². The Balaban J connectivity index is 2.51. The molecule has 0 N–H and O–H groups in total. The van der Waals surface area contributed by atoms with Crippen LogP contribution in [-0.2, 0) is 11.2 Å². The highest BCUT2D eigenvalue weighted by atomic mass is 16.1. The molecular formula is C12H14O. The van der Waals surface area contributed by atoms with Gasteiger partial charge in [-0.2, -0.15) is 0 Å². The molecule has 1 unspecified atom stereocenters. The van der Waals surface area contributed by atoms with E-state index >= 15 is 0 Å². The Morgan fingerprint density at radius 2 is 2.31 bits per heavy atom. The van der Waals surface area contributed by atoms with Crippen molar-refractivity contribution in [2.24, 2.45) is 0 Å². The van der Waals surface area contributed by atoms with Crippen LogP contribution in [0.4, 0.5) is 0 Å². The number of carbonyl (C=O) groups is 1. The van der Waals surface area contributed by atoms with Crippen molar-refractivity contribution in [1.82, 2.24) is 0 Å². The van der Waals surface area contributed by atoms with E-state index in [2.05, 4.69) is 25.1 Å². The smallest absolute Gasteiger partial charge is 0.127 e. The van der Waals surface area contributed by atoms with Crippen LogP contribution in [0.3, 0.4) is 0 Å². The summed E-state index contributed by atoms with van der Waals surface area (Å²) < 4.78 is 0. The second kappa shape index (κ2) is 3.33. The Labute approximate surface area is 78.8 Å². The third kappa shape index (κ3) is 1.39. The van der Waals surface area contributed by atoms with Crippen LogP contribution in [0.25, 0.3) is 0 Å². The minimum atomic E-state index is 0.156. The van der Waals surface area contributed by atoms with Crippen molar-refractivity contribution < 1.29 is 4.79 Å². The molecule has 1 aliphatic rings. The van der Waals surface area contributed by atoms with Crippen LogP contribution < -0.4 is 0 Å². The number of carbonyl (C=O) groups excluding carboxylic acids is 1. The molecule has 1 aromatic rings. The van der Waals surface area contributed by atoms with Crippen LogP contribution in [0.2, 0.25) is 0 Å². The molecule has 0 aliphatic heterocycles. The Bertz CT molecular complexity index is 328. The molecule has 0 amide bonds. The third-order valence-electron chi connectivity index (χ3n) is 2.95. The average Bonchev–Trinajstić information content (AvgIpc) is 2.18. The minimum absolute atomic E-state index is 0.156. The zero-order valence-corrected chi connectivity index (χ0v) is 7.92. The maximum Gasteiger partial charge on any atom is 0.127 e. The van der Waals surface area contributed by atoms with E-state index in [9.17, 15) is 4.79 Å². The maximum absolute atomic E-state index is 10.8. The lowest BCUT2D eigenvalue weighted by molar-refractivity contribution is -0.109. The Kier molecular flexibility index (Phi) is 2.17. The monoisotopic (exact) mass is 174 g/mol. The molecular weight excluding hydrogens is 160 g/mol. The highest BCUT2D eigenvalue weighted by molar-refractivity contribution is 5.64. The molecule has 1 aliphatic carbocycles. The van der Waals surface area contributed by atoms with Gasteiger partial charge in [-0.25, -0.2) is 0 Å². The van der Waals surface area contributed by atoms with E-state index in [4.69, 9.17) is 0 Å². The van der Waals surface area contributed by atoms with Gasteiger partial charge in [0.05, 0.1) is 0 Å². The van der Waals surface area contributed by atoms with Gasteiger partial charge in [0.2, 0.25) is 0 Å². The number of hydrogen-bond acceptors (Lipinski definition) is 1. The zero-order valence-electron chi connectivity index (χ0n) is 7.92. The predicted molar refractivity (Wildman–Crippen MR) is 52.9 cm³/mol. The molecule has 0 aromatic heterocycles. The van der Waals surface area contributed by atoms with Crippen molar-refractivity contribution in [2.75, 3.05) is 0 Å². The van der Waals surface area contributed by atoms with E-state index in [1.165, 1.54) is 16.7 Å². The van der Waals surface area contributed by atoms with Gasteiger partial charge in [-0.15, -0.1) is 0 Å². The van der Waals surface area contributed by atoms with E-state index in [-0.39, 0.29) is 5.92 Å². The van der Waals surface area contributed by atoms with E-state index in [0.717, 1.165) is 25.5 Å². The van der Waals surface area contributed by atoms with Crippen molar-refractivity contribution in [1.29, 1.82) is 0 Å². The van der Waals surface area contributed by atoms with Gasteiger partial charge in [-0.05, 0) is 42.9 Å². The average molecular weight is 174 g/mol. The van der Waals surface area contributed by atoms with Gasteiger partial charge in [-0.3, -0.25) is 0 Å². The summed E-state index contributed by atoms with van der Waals surface area (Å²) in [6.07, 6.45) is 4.42. The molecule has 0 spiro atoms. The van der Waals surface area contributed by atoms with E-state index < -0.39 is 0 Å². The lowest BCUT2D eigenvalue weighted by Gasteiger charge is -2.22. The molecule has 2 rings (SSSR count). The number of aryl methyl sites for hydroxylation is 1. The third-order valence-corrected chi connectivity index (χ3v) is 2.95. The van der Waals surface area contributed by atoms with E-state index in [1.807, 2.05) is 0 Å². The number of hydrogen-bond donors (Lipinski definition) is 0. The van der Waals surface area contributed by atoms with Crippen LogP contribution in [0, 0.1) is 6.92 Å². The van der Waals surface area contributed by atoms with Gasteiger partial charge in [0, 0.05) is 5.92 Å². The number of benzene rings is 1. The van der Waals surface area contributed by atoms with Gasteiger partial charge in [0.25, 0.3) is 0 Å². The molecule has 0 saturated carbocycles. The van der Waals surface area contributed by atoms with Crippen LogP contribution >= 0.6 is 0 Å². The fraction of sp³-hybridized carbons (Fsp3) is 0.417. The Morgan fingerprint density at radius 1 is 1.46 bits per heavy atom. The molecule has 0 radical (unpaired) electrons. The largest absolute Gasteiger partial charge is 0.303 e. The summed E-state index contributed by atoms with van der Waals surface area (Å²) in [5.74, 6) is 0.156. The van der Waals surface area contributed by atoms with E-state index in [1.54, 1.807) is 0 Å². The predicted octanol–water partition coefficient (Wildman–Crippen LogP) is 2.61. The molecule has 0 bridgehead atoms. The summed E-state index contributed by atoms with van der Waals surface area (Å²) in [4.78, 5) is 10.8. The second-order valence-electron chi connectivity index (χ2n) is 3.78. The first kappa shape index (κ1) is 8.49. The first-order valence-corrected chi connectivity index (χ1v) is 4.86. The first-order chi connectivity index (χ1) is 6.33. The number of fused-ring (bicyclic) bond motifs is 1. The van der Waals surface area contributed by atoms with Crippen LogP contribution in [0.15, 0.2) is 18.2 Å². The first-order valence-electron chi connectivity index (χ1n) is 4.86. The van der Waals surface area contributed by atoms with Crippen LogP contribution in [-0.4, -0.2) is 6.29 Å². The standard InChI is InChI=1S/C12H14O/c1-9-4-2-7-12-10(8-13)5-3-6-11(9)12/h2,4,7-8,10H,3,5-6H2,1H3. The second-order valence-corrected chi connectivity index (χ2v) is 3.78. The molecule has 1 aromatic carbocycles. The summed E-state index contributed by atoms with van der Waals surface area (Å²) in [5, 5.41) is 0. The SMILES string of the molecule is Cc1cccc2c1CCCC2C=O. The quantitative estimate of drug-likeness (QED) is 0.598. The minimum Gasteiger partial charge on any atom is -0.303 e. The zero-order chi connectivity index (χ0) is 9.26. The number of aldehydes is 1. The van der Waals surface area contributed by atoms with Crippen LogP contribution in [0.1, 0.15) is 35.4 Å². The molecule has 13 heavy (non-hydrogen) atoms. The molecule has 0 saturated heterocycles. The Morgan fingerprint density at radius 3 is 3.08 bits per heavy atom. The molecule has 1 heteroatoms. The van der Waals surface area contributed by atoms with Gasteiger partial charge in [0.15, 0.2) is 0 Å². The lowest BCUT2D eigenvalue weighted by atomic mass is 9.82. The number of rotatable bonds is 1. The van der Waals surface area contributed by atoms with Gasteiger partial charge in [-0.1, -0.05) is 18.2 Å². The normalized spacial score (nSPS) is 20.8. The lowest BCUT2D eigenvalue weighted by Crippen LogP contribution is -2.11. The summed E-state index contributed by atoms with van der Waals surface area (Å²) in [6.45, 7) is 2.13. The summed E-state index contributed by atoms with van der Waals surface area (Å²) in [7, 11) is 0. The highest BCUT2D eigenvalue weighted by Crippen LogP contribution is 2.31. The molecule has 1 atom stereocenters. The van der Waals surface area contributed by atoms with Crippen molar-refractivity contribution in [3.63, 3.8) is 0 Å². The fourth-order valence-corrected chi connectivity index (χ4v) is 2.21. The van der Waals surface area contributed by atoms with Crippen molar-refractivity contribution in [3.05, 3.63) is 34.9 Å². The molecule has 0 heterocycles. The molecule has 68 valence electrons. The van der Waals surface area contributed by atoms with Gasteiger partial charge >= 0.3 is 0 Å². The highest BCUT2D eigenvalue weighted by Gasteiger charge is 2.19. The fourth-order valence-electron chi connectivity index (χ4n) is 2.21. The topological polar surface area (TPSA) is 17.1 Å². The van der Waals surface area contributed by atoms with Crippen LogP contribution in [0.5, 0.6) is 0 Å².